The van der Waals surface area contributed by atoms with Gasteiger partial charge in [-0.15, -0.1) is 12.4 Å². The summed E-state index contributed by atoms with van der Waals surface area (Å²) in [4.78, 5) is 11.4. The van der Waals surface area contributed by atoms with Gasteiger partial charge in [-0.3, -0.25) is 4.79 Å². The maximum absolute atomic E-state index is 11.4. The lowest BCUT2D eigenvalue weighted by Crippen LogP contribution is -2.43. The number of methoxy groups -OCH3 is 1. The number of nitrogens with one attached hydrogen (secondary N) is 1. The number of carbonyl (C=O) groups excluding carboxylic acids is 1. The predicted molar refractivity (Wildman–Crippen MR) is 74.2 cm³/mol. The molecule has 1 heterocycles. The highest BCUT2D eigenvalue weighted by Gasteiger charge is 2.27. The van der Waals surface area contributed by atoms with Gasteiger partial charge in [-0.1, -0.05) is 24.3 Å². The fourth-order valence-electron chi connectivity index (χ4n) is 2.51. The van der Waals surface area contributed by atoms with Crippen molar-refractivity contribution in [1.82, 2.24) is 5.32 Å². The van der Waals surface area contributed by atoms with Crippen LogP contribution in [0.25, 0.3) is 0 Å². The van der Waals surface area contributed by atoms with Crippen molar-refractivity contribution >= 4 is 18.4 Å². The summed E-state index contributed by atoms with van der Waals surface area (Å²) in [5.74, 6) is 0.366. The summed E-state index contributed by atoms with van der Waals surface area (Å²) < 4.78 is 4.75. The van der Waals surface area contributed by atoms with Crippen molar-refractivity contribution in [1.29, 1.82) is 0 Å². The number of hydrogen-bond donors (Lipinski definition) is 1. The van der Waals surface area contributed by atoms with Crippen LogP contribution < -0.4 is 5.32 Å². The molecule has 2 atom stereocenters. The molecular formula is C14H20ClNO2. The first kappa shape index (κ1) is 15.0. The number of aryl methyl sites for hydroxylation is 1. The molecule has 4 heteroatoms. The third-order valence-electron chi connectivity index (χ3n) is 3.53. The minimum atomic E-state index is -0.145. The van der Waals surface area contributed by atoms with E-state index in [1.165, 1.54) is 18.2 Å². The van der Waals surface area contributed by atoms with E-state index in [9.17, 15) is 4.79 Å². The van der Waals surface area contributed by atoms with E-state index >= 15 is 0 Å². The Morgan fingerprint density at radius 2 is 2.06 bits per heavy atom. The number of benzene rings is 1. The Labute approximate surface area is 114 Å². The molecule has 1 N–H and O–H groups in total. The van der Waals surface area contributed by atoms with E-state index in [1.807, 2.05) is 0 Å². The van der Waals surface area contributed by atoms with Crippen molar-refractivity contribution in [3.63, 3.8) is 0 Å². The zero-order valence-corrected chi connectivity index (χ0v) is 11.6. The molecule has 0 amide bonds. The number of piperidine rings is 1. The Morgan fingerprint density at radius 1 is 1.33 bits per heavy atom. The molecule has 0 spiro atoms. The van der Waals surface area contributed by atoms with E-state index in [1.54, 1.807) is 0 Å². The van der Waals surface area contributed by atoms with Crippen molar-refractivity contribution in [2.45, 2.75) is 31.7 Å². The highest BCUT2D eigenvalue weighted by molar-refractivity contribution is 5.85. The molecule has 1 fully saturated rings. The molecule has 1 saturated heterocycles. The molecule has 18 heavy (non-hydrogen) atoms. The average Bonchev–Trinajstić information content (AvgIpc) is 2.39. The SMILES string of the molecule is COC(=O)C1CCC(c2ccccc2C)CN1.Cl. The van der Waals surface area contributed by atoms with Crippen LogP contribution in [0.1, 0.15) is 29.9 Å². The Kier molecular flexibility index (Phi) is 5.63. The predicted octanol–water partition coefficient (Wildman–Crippen LogP) is 2.43. The van der Waals surface area contributed by atoms with Crippen LogP contribution in [0.15, 0.2) is 24.3 Å². The lowest BCUT2D eigenvalue weighted by atomic mass is 9.86. The molecule has 0 aliphatic carbocycles. The minimum absolute atomic E-state index is 0. The standard InChI is InChI=1S/C14H19NO2.ClH/c1-10-5-3-4-6-12(10)11-7-8-13(15-9-11)14(16)17-2;/h3-6,11,13,15H,7-9H2,1-2H3;1H. The Morgan fingerprint density at radius 3 is 2.61 bits per heavy atom. The molecular weight excluding hydrogens is 250 g/mol. The Balaban J connectivity index is 0.00000162. The third kappa shape index (κ3) is 3.24. The van der Waals surface area contributed by atoms with E-state index in [0.717, 1.165) is 19.4 Å². The zero-order valence-electron chi connectivity index (χ0n) is 10.8. The second-order valence-electron chi connectivity index (χ2n) is 4.61. The van der Waals surface area contributed by atoms with Crippen molar-refractivity contribution in [2.75, 3.05) is 13.7 Å². The van der Waals surface area contributed by atoms with Crippen LogP contribution in [-0.2, 0) is 9.53 Å². The van der Waals surface area contributed by atoms with E-state index in [0.29, 0.717) is 5.92 Å². The fourth-order valence-corrected chi connectivity index (χ4v) is 2.51. The normalized spacial score (nSPS) is 23.0. The first-order valence-corrected chi connectivity index (χ1v) is 6.09. The molecule has 2 rings (SSSR count). The summed E-state index contributed by atoms with van der Waals surface area (Å²) in [6.45, 7) is 2.99. The molecule has 1 aromatic rings. The maximum Gasteiger partial charge on any atom is 0.322 e. The Hall–Kier alpha value is -1.06. The van der Waals surface area contributed by atoms with Gasteiger partial charge in [0.15, 0.2) is 0 Å². The monoisotopic (exact) mass is 269 g/mol. The van der Waals surface area contributed by atoms with Crippen molar-refractivity contribution in [2.24, 2.45) is 0 Å². The summed E-state index contributed by atoms with van der Waals surface area (Å²) in [5, 5.41) is 3.27. The number of rotatable bonds is 2. The van der Waals surface area contributed by atoms with Gasteiger partial charge in [-0.25, -0.2) is 0 Å². The van der Waals surface area contributed by atoms with Gasteiger partial charge in [-0.2, -0.15) is 0 Å². The molecule has 2 unspecified atom stereocenters. The van der Waals surface area contributed by atoms with Gasteiger partial charge in [0, 0.05) is 6.54 Å². The van der Waals surface area contributed by atoms with E-state index in [4.69, 9.17) is 4.74 Å². The number of carbonyl (C=O) groups is 1. The summed E-state index contributed by atoms with van der Waals surface area (Å²) >= 11 is 0. The lowest BCUT2D eigenvalue weighted by molar-refractivity contribution is -0.143. The maximum atomic E-state index is 11.4. The van der Waals surface area contributed by atoms with Gasteiger partial charge in [0.1, 0.15) is 6.04 Å². The lowest BCUT2D eigenvalue weighted by Gasteiger charge is -2.29. The largest absolute Gasteiger partial charge is 0.468 e. The van der Waals surface area contributed by atoms with Gasteiger partial charge in [0.2, 0.25) is 0 Å². The van der Waals surface area contributed by atoms with Crippen molar-refractivity contribution in [3.8, 4) is 0 Å². The molecule has 0 aromatic heterocycles. The van der Waals surface area contributed by atoms with E-state index in [-0.39, 0.29) is 24.4 Å². The molecule has 0 radical (unpaired) electrons. The van der Waals surface area contributed by atoms with Crippen LogP contribution in [0.2, 0.25) is 0 Å². The zero-order chi connectivity index (χ0) is 12.3. The van der Waals surface area contributed by atoms with Crippen molar-refractivity contribution in [3.05, 3.63) is 35.4 Å². The first-order valence-electron chi connectivity index (χ1n) is 6.09. The number of ether oxygens (including phenoxy) is 1. The average molecular weight is 270 g/mol. The molecule has 100 valence electrons. The number of esters is 1. The van der Waals surface area contributed by atoms with Gasteiger partial charge >= 0.3 is 5.97 Å². The Bertz CT molecular complexity index is 401. The highest BCUT2D eigenvalue weighted by atomic mass is 35.5. The second-order valence-corrected chi connectivity index (χ2v) is 4.61. The van der Waals surface area contributed by atoms with Crippen LogP contribution in [0.4, 0.5) is 0 Å². The van der Waals surface area contributed by atoms with E-state index in [2.05, 4.69) is 36.5 Å². The van der Waals surface area contributed by atoms with Crippen LogP contribution in [-0.4, -0.2) is 25.7 Å². The molecule has 1 aliphatic heterocycles. The smallest absolute Gasteiger partial charge is 0.322 e. The van der Waals surface area contributed by atoms with Crippen LogP contribution in [0.3, 0.4) is 0 Å². The molecule has 1 aliphatic rings. The fraction of sp³-hybridized carbons (Fsp3) is 0.500. The number of halogens is 1. The van der Waals surface area contributed by atoms with Crippen LogP contribution >= 0.6 is 12.4 Å². The summed E-state index contributed by atoms with van der Waals surface area (Å²) in [5.41, 5.74) is 2.72. The topological polar surface area (TPSA) is 38.3 Å². The quantitative estimate of drug-likeness (QED) is 0.838. The minimum Gasteiger partial charge on any atom is -0.468 e. The van der Waals surface area contributed by atoms with Gasteiger partial charge in [0.25, 0.3) is 0 Å². The van der Waals surface area contributed by atoms with Crippen LogP contribution in [0, 0.1) is 6.92 Å². The van der Waals surface area contributed by atoms with Crippen molar-refractivity contribution < 1.29 is 9.53 Å². The van der Waals surface area contributed by atoms with Gasteiger partial charge in [0.05, 0.1) is 7.11 Å². The van der Waals surface area contributed by atoms with E-state index < -0.39 is 0 Å². The second kappa shape index (κ2) is 6.76. The molecule has 1 aromatic carbocycles. The molecule has 3 nitrogen and oxygen atoms in total. The van der Waals surface area contributed by atoms with Gasteiger partial charge in [-0.05, 0) is 36.8 Å². The summed E-state index contributed by atoms with van der Waals surface area (Å²) in [7, 11) is 1.44. The molecule has 0 saturated carbocycles. The van der Waals surface area contributed by atoms with Crippen LogP contribution in [0.5, 0.6) is 0 Å². The summed E-state index contributed by atoms with van der Waals surface area (Å²) in [6.07, 6.45) is 1.89. The number of hydrogen-bond acceptors (Lipinski definition) is 3. The van der Waals surface area contributed by atoms with Gasteiger partial charge < -0.3 is 10.1 Å². The summed E-state index contributed by atoms with van der Waals surface area (Å²) in [6, 6.07) is 8.34. The third-order valence-corrected chi connectivity index (χ3v) is 3.53. The first-order chi connectivity index (χ1) is 8.22. The highest BCUT2D eigenvalue weighted by Crippen LogP contribution is 2.27. The molecule has 0 bridgehead atoms.